The van der Waals surface area contributed by atoms with Crippen LogP contribution in [0, 0.1) is 5.92 Å². The third-order valence-corrected chi connectivity index (χ3v) is 7.30. The van der Waals surface area contributed by atoms with Gasteiger partial charge in [-0.15, -0.1) is 0 Å². The second-order valence-electron chi connectivity index (χ2n) is 7.43. The highest BCUT2D eigenvalue weighted by Crippen LogP contribution is 2.49. The van der Waals surface area contributed by atoms with Crippen LogP contribution in [-0.2, 0) is 18.4 Å². The summed E-state index contributed by atoms with van der Waals surface area (Å²) in [6, 6.07) is 6.32. The normalized spacial score (nSPS) is 24.0. The number of hydrogen-bond acceptors (Lipinski definition) is 3. The van der Waals surface area contributed by atoms with Crippen molar-refractivity contribution < 1.29 is 5.11 Å². The molecule has 2 aromatic rings. The summed E-state index contributed by atoms with van der Waals surface area (Å²) in [7, 11) is 2.15. The Morgan fingerprint density at radius 3 is 2.42 bits per heavy atom. The first-order valence-corrected chi connectivity index (χ1v) is 11.3. The van der Waals surface area contributed by atoms with Crippen molar-refractivity contribution >= 4 is 47.8 Å². The highest BCUT2D eigenvalue weighted by molar-refractivity contribution is 9.11. The van der Waals surface area contributed by atoms with Crippen molar-refractivity contribution in [3.05, 3.63) is 60.2 Å². The van der Waals surface area contributed by atoms with Crippen LogP contribution in [0.3, 0.4) is 0 Å². The fraction of sp³-hybridized carbons (Fsp3) is 0.450. The summed E-state index contributed by atoms with van der Waals surface area (Å²) in [5, 5.41) is 12.3. The van der Waals surface area contributed by atoms with Crippen molar-refractivity contribution in [2.24, 2.45) is 5.92 Å². The molecule has 1 aromatic carbocycles. The highest BCUT2D eigenvalue weighted by atomic mass is 79.9. The van der Waals surface area contributed by atoms with Gasteiger partial charge in [0.1, 0.15) is 5.60 Å². The Kier molecular flexibility index (Phi) is 5.34. The number of halogens is 3. The lowest BCUT2D eigenvalue weighted by atomic mass is 9.72. The van der Waals surface area contributed by atoms with Crippen LogP contribution in [0.2, 0.25) is 0 Å². The van der Waals surface area contributed by atoms with Gasteiger partial charge in [0.15, 0.2) is 0 Å². The van der Waals surface area contributed by atoms with Gasteiger partial charge in [-0.3, -0.25) is 4.98 Å². The molecule has 0 radical (unpaired) electrons. The van der Waals surface area contributed by atoms with Gasteiger partial charge in [-0.1, -0.05) is 31.9 Å². The molecule has 0 saturated carbocycles. The van der Waals surface area contributed by atoms with Crippen LogP contribution in [0.25, 0.3) is 0 Å². The molecule has 2 aliphatic rings. The maximum absolute atomic E-state index is 12.3. The lowest BCUT2D eigenvalue weighted by Gasteiger charge is -2.42. The summed E-state index contributed by atoms with van der Waals surface area (Å²) < 4.78 is 2.96. The number of aromatic nitrogens is 1. The van der Waals surface area contributed by atoms with Gasteiger partial charge in [-0.05, 0) is 91.1 Å². The summed E-state index contributed by atoms with van der Waals surface area (Å²) in [4.78, 5) is 7.08. The third kappa shape index (κ3) is 3.22. The Morgan fingerprint density at radius 1 is 1.04 bits per heavy atom. The second kappa shape index (κ2) is 7.28. The van der Waals surface area contributed by atoms with Crippen molar-refractivity contribution in [1.82, 2.24) is 9.88 Å². The largest absolute Gasteiger partial charge is 0.378 e. The predicted octanol–water partition coefficient (Wildman–Crippen LogP) is 5.05. The minimum atomic E-state index is -1.07. The topological polar surface area (TPSA) is 36.4 Å². The molecule has 0 bridgehead atoms. The predicted molar refractivity (Wildman–Crippen MR) is 114 cm³/mol. The van der Waals surface area contributed by atoms with Crippen LogP contribution in [0.5, 0.6) is 0 Å². The molecule has 2 heterocycles. The van der Waals surface area contributed by atoms with Crippen molar-refractivity contribution in [3.8, 4) is 0 Å². The van der Waals surface area contributed by atoms with Crippen molar-refractivity contribution in [2.75, 3.05) is 20.1 Å². The highest BCUT2D eigenvalue weighted by Gasteiger charge is 2.47. The molecule has 1 aromatic heterocycles. The van der Waals surface area contributed by atoms with Gasteiger partial charge in [0.2, 0.25) is 0 Å². The van der Waals surface area contributed by atoms with Crippen LogP contribution in [0.1, 0.15) is 35.2 Å². The van der Waals surface area contributed by atoms with Crippen LogP contribution in [0.15, 0.2) is 37.8 Å². The molecule has 0 amide bonds. The number of likely N-dealkylation sites (tertiary alicyclic amines) is 1. The molecule has 0 spiro atoms. The molecule has 1 atom stereocenters. The first kappa shape index (κ1) is 19.1. The zero-order chi connectivity index (χ0) is 18.5. The van der Waals surface area contributed by atoms with Crippen LogP contribution in [0.4, 0.5) is 0 Å². The smallest absolute Gasteiger partial charge is 0.136 e. The van der Waals surface area contributed by atoms with Gasteiger partial charge in [0.05, 0.1) is 5.69 Å². The summed E-state index contributed by atoms with van der Waals surface area (Å²) in [6.07, 6.45) is 5.52. The molecule has 1 aliphatic carbocycles. The van der Waals surface area contributed by atoms with Crippen LogP contribution < -0.4 is 0 Å². The molecule has 1 N–H and O–H groups in total. The van der Waals surface area contributed by atoms with E-state index in [9.17, 15) is 5.11 Å². The molecule has 6 heteroatoms. The van der Waals surface area contributed by atoms with E-state index in [0.717, 1.165) is 69.0 Å². The van der Waals surface area contributed by atoms with Crippen LogP contribution >= 0.6 is 47.8 Å². The fourth-order valence-electron chi connectivity index (χ4n) is 4.48. The summed E-state index contributed by atoms with van der Waals surface area (Å²) in [5.74, 6) is 0.153. The van der Waals surface area contributed by atoms with E-state index >= 15 is 0 Å². The van der Waals surface area contributed by atoms with Gasteiger partial charge in [-0.25, -0.2) is 0 Å². The van der Waals surface area contributed by atoms with E-state index in [0.29, 0.717) is 0 Å². The fourth-order valence-corrected chi connectivity index (χ4v) is 6.47. The van der Waals surface area contributed by atoms with Gasteiger partial charge in [0.25, 0.3) is 0 Å². The zero-order valence-corrected chi connectivity index (χ0v) is 19.4. The molecular formula is C20H21Br3N2O. The van der Waals surface area contributed by atoms with Gasteiger partial charge >= 0.3 is 0 Å². The molecule has 138 valence electrons. The summed E-state index contributed by atoms with van der Waals surface area (Å²) in [6.45, 7) is 2.00. The first-order valence-electron chi connectivity index (χ1n) is 8.94. The monoisotopic (exact) mass is 542 g/mol. The zero-order valence-electron chi connectivity index (χ0n) is 14.6. The maximum Gasteiger partial charge on any atom is 0.136 e. The number of piperidine rings is 1. The Balaban J connectivity index is 1.95. The van der Waals surface area contributed by atoms with E-state index in [1.807, 2.05) is 12.3 Å². The number of fused-ring (bicyclic) bond motifs is 2. The average molecular weight is 545 g/mol. The Morgan fingerprint density at radius 2 is 1.69 bits per heavy atom. The molecular weight excluding hydrogens is 524 g/mol. The molecule has 3 nitrogen and oxygen atoms in total. The molecule has 4 rings (SSSR count). The average Bonchev–Trinajstić information content (AvgIpc) is 2.71. The molecule has 1 unspecified atom stereocenters. The first-order chi connectivity index (χ1) is 12.4. The lowest BCUT2D eigenvalue weighted by Crippen LogP contribution is -2.44. The standard InChI is InChI=1S/C20H21Br3N2O/c1-25-6-4-14(5-7-25)20(26)18-12(8-15(21)10-17(18)23)2-3-13-9-16(22)11-24-19(13)20/h8-11,14,26H,2-7H2,1H3. The summed E-state index contributed by atoms with van der Waals surface area (Å²) >= 11 is 10.9. The number of aliphatic hydroxyl groups is 1. The Hall–Kier alpha value is -0.270. The van der Waals surface area contributed by atoms with Crippen LogP contribution in [-0.4, -0.2) is 35.1 Å². The van der Waals surface area contributed by atoms with Gasteiger partial charge in [-0.2, -0.15) is 0 Å². The van der Waals surface area contributed by atoms with Crippen molar-refractivity contribution in [2.45, 2.75) is 31.3 Å². The minimum absolute atomic E-state index is 0.153. The molecule has 1 fully saturated rings. The van der Waals surface area contributed by atoms with E-state index in [1.165, 1.54) is 5.56 Å². The van der Waals surface area contributed by atoms with Crippen molar-refractivity contribution in [1.29, 1.82) is 0 Å². The Labute approximate surface area is 179 Å². The summed E-state index contributed by atoms with van der Waals surface area (Å²) in [5.41, 5.74) is 3.10. The van der Waals surface area contributed by atoms with E-state index in [-0.39, 0.29) is 5.92 Å². The quantitative estimate of drug-likeness (QED) is 0.546. The number of benzene rings is 1. The molecule has 1 aliphatic heterocycles. The number of nitrogens with zero attached hydrogens (tertiary/aromatic N) is 2. The van der Waals surface area contributed by atoms with E-state index < -0.39 is 5.60 Å². The van der Waals surface area contributed by atoms with Crippen molar-refractivity contribution in [3.63, 3.8) is 0 Å². The lowest BCUT2D eigenvalue weighted by molar-refractivity contribution is -0.0154. The number of rotatable bonds is 1. The second-order valence-corrected chi connectivity index (χ2v) is 10.1. The SMILES string of the molecule is CN1CCC(C2(O)c3ncc(Br)cc3CCc3cc(Br)cc(Br)c32)CC1. The number of pyridine rings is 1. The van der Waals surface area contributed by atoms with E-state index in [1.54, 1.807) is 0 Å². The number of hydrogen-bond donors (Lipinski definition) is 1. The molecule has 1 saturated heterocycles. The van der Waals surface area contributed by atoms with E-state index in [4.69, 9.17) is 4.98 Å². The van der Waals surface area contributed by atoms with E-state index in [2.05, 4.69) is 71.9 Å². The van der Waals surface area contributed by atoms with Gasteiger partial charge in [0, 0.05) is 31.1 Å². The minimum Gasteiger partial charge on any atom is -0.378 e. The number of aryl methyl sites for hydroxylation is 2. The third-order valence-electron chi connectivity index (χ3n) is 5.79. The Bertz CT molecular complexity index is 849. The maximum atomic E-state index is 12.3. The molecule has 26 heavy (non-hydrogen) atoms. The van der Waals surface area contributed by atoms with Gasteiger partial charge < -0.3 is 10.0 Å².